The molecule has 0 heterocycles. The van der Waals surface area contributed by atoms with Gasteiger partial charge in [-0.2, -0.15) is 0 Å². The Hall–Kier alpha value is -0.810. The monoisotopic (exact) mass is 277 g/mol. The van der Waals surface area contributed by atoms with Gasteiger partial charge >= 0.3 is 0 Å². The lowest BCUT2D eigenvalue weighted by Gasteiger charge is -2.01. The first-order valence-corrected chi connectivity index (χ1v) is 4.24. The van der Waals surface area contributed by atoms with Gasteiger partial charge in [0, 0.05) is 8.48 Å². The number of halogens is 2. The van der Waals surface area contributed by atoms with Crippen LogP contribution < -0.4 is 0 Å². The summed E-state index contributed by atoms with van der Waals surface area (Å²) < 4.78 is 13.5. The number of benzene rings is 1. The van der Waals surface area contributed by atoms with E-state index >= 15 is 0 Å². The fraction of sp³-hybridized carbons (Fsp3) is 0.143. The lowest BCUT2D eigenvalue weighted by molar-refractivity contribution is 0.617. The van der Waals surface area contributed by atoms with E-state index in [9.17, 15) is 4.39 Å². The van der Waals surface area contributed by atoms with Gasteiger partial charge in [-0.3, -0.25) is 0 Å². The molecule has 0 bridgehead atoms. The van der Waals surface area contributed by atoms with Crippen LogP contribution in [0.15, 0.2) is 17.2 Å². The summed E-state index contributed by atoms with van der Waals surface area (Å²) in [6, 6.07) is 2.76. The van der Waals surface area contributed by atoms with E-state index in [0.29, 0.717) is 14.8 Å². The van der Waals surface area contributed by atoms with Crippen LogP contribution in [0, 0.1) is 16.3 Å². The zero-order valence-corrected chi connectivity index (χ0v) is 8.41. The molecule has 62 valence electrons. The van der Waals surface area contributed by atoms with Gasteiger partial charge in [0.15, 0.2) is 0 Å². The summed E-state index contributed by atoms with van der Waals surface area (Å²) in [5.74, 6) is -0.281. The SMILES string of the molecule is Cc1c(F)ccc(N=[N+]=[N-])c1I. The summed E-state index contributed by atoms with van der Waals surface area (Å²) in [6.45, 7) is 1.65. The molecule has 0 atom stereocenters. The first-order valence-electron chi connectivity index (χ1n) is 3.16. The van der Waals surface area contributed by atoms with E-state index in [1.807, 2.05) is 22.6 Å². The van der Waals surface area contributed by atoms with Crippen LogP contribution in [0.3, 0.4) is 0 Å². The average molecular weight is 277 g/mol. The number of nitrogens with zero attached hydrogens (tertiary/aromatic N) is 3. The summed E-state index contributed by atoms with van der Waals surface area (Å²) in [6.07, 6.45) is 0. The largest absolute Gasteiger partial charge is 0.207 e. The average Bonchev–Trinajstić information content (AvgIpc) is 2.07. The smallest absolute Gasteiger partial charge is 0.127 e. The molecule has 0 aliphatic heterocycles. The molecule has 0 radical (unpaired) electrons. The van der Waals surface area contributed by atoms with E-state index in [2.05, 4.69) is 10.0 Å². The normalized spacial score (nSPS) is 9.25. The molecule has 1 aromatic rings. The highest BCUT2D eigenvalue weighted by molar-refractivity contribution is 14.1. The minimum Gasteiger partial charge on any atom is -0.207 e. The van der Waals surface area contributed by atoms with Crippen molar-refractivity contribution in [1.82, 2.24) is 0 Å². The van der Waals surface area contributed by atoms with Crippen molar-refractivity contribution in [2.75, 3.05) is 0 Å². The van der Waals surface area contributed by atoms with Crippen molar-refractivity contribution in [3.63, 3.8) is 0 Å². The molecule has 0 aliphatic carbocycles. The van der Waals surface area contributed by atoms with Crippen LogP contribution in [0.1, 0.15) is 5.56 Å². The van der Waals surface area contributed by atoms with Gasteiger partial charge in [0.05, 0.1) is 5.69 Å². The van der Waals surface area contributed by atoms with Crippen LogP contribution in [0.2, 0.25) is 0 Å². The molecule has 1 aromatic carbocycles. The van der Waals surface area contributed by atoms with E-state index in [1.54, 1.807) is 6.92 Å². The molecular weight excluding hydrogens is 272 g/mol. The number of hydrogen-bond donors (Lipinski definition) is 0. The molecule has 12 heavy (non-hydrogen) atoms. The van der Waals surface area contributed by atoms with Crippen molar-refractivity contribution >= 4 is 28.3 Å². The molecule has 1 rings (SSSR count). The van der Waals surface area contributed by atoms with E-state index in [1.165, 1.54) is 12.1 Å². The highest BCUT2D eigenvalue weighted by Crippen LogP contribution is 2.26. The van der Waals surface area contributed by atoms with E-state index in [-0.39, 0.29) is 5.82 Å². The van der Waals surface area contributed by atoms with Crippen molar-refractivity contribution < 1.29 is 4.39 Å². The Balaban J connectivity index is 3.35. The van der Waals surface area contributed by atoms with Crippen LogP contribution in [0.5, 0.6) is 0 Å². The first-order chi connectivity index (χ1) is 5.66. The van der Waals surface area contributed by atoms with Gasteiger partial charge in [-0.15, -0.1) is 0 Å². The molecule has 0 saturated heterocycles. The molecule has 0 spiro atoms. The molecule has 0 fully saturated rings. The fourth-order valence-electron chi connectivity index (χ4n) is 0.773. The van der Waals surface area contributed by atoms with Crippen molar-refractivity contribution in [2.24, 2.45) is 5.11 Å². The second-order valence-electron chi connectivity index (χ2n) is 2.19. The van der Waals surface area contributed by atoms with E-state index in [4.69, 9.17) is 5.53 Å². The van der Waals surface area contributed by atoms with Gasteiger partial charge in [-0.05, 0) is 52.7 Å². The van der Waals surface area contributed by atoms with Crippen LogP contribution in [-0.4, -0.2) is 0 Å². The van der Waals surface area contributed by atoms with Gasteiger partial charge in [-0.1, -0.05) is 5.11 Å². The quantitative estimate of drug-likeness (QED) is 0.325. The van der Waals surface area contributed by atoms with Crippen molar-refractivity contribution in [2.45, 2.75) is 6.92 Å². The molecule has 5 heteroatoms. The van der Waals surface area contributed by atoms with E-state index in [0.717, 1.165) is 0 Å². The summed E-state index contributed by atoms with van der Waals surface area (Å²) in [5, 5.41) is 3.41. The van der Waals surface area contributed by atoms with Gasteiger partial charge in [0.25, 0.3) is 0 Å². The Bertz CT molecular complexity index is 358. The van der Waals surface area contributed by atoms with Crippen molar-refractivity contribution in [1.29, 1.82) is 0 Å². The molecule has 0 unspecified atom stereocenters. The molecular formula is C7H5FIN3. The van der Waals surface area contributed by atoms with Crippen molar-refractivity contribution in [3.8, 4) is 0 Å². The summed E-state index contributed by atoms with van der Waals surface area (Å²) in [7, 11) is 0. The molecule has 3 nitrogen and oxygen atoms in total. The lowest BCUT2D eigenvalue weighted by Crippen LogP contribution is -1.85. The standard InChI is InChI=1S/C7H5FIN3/c1-4-5(8)2-3-6(7(4)9)11-12-10/h2-3H,1H3. The number of azide groups is 1. The summed E-state index contributed by atoms with van der Waals surface area (Å²) in [5.41, 5.74) is 9.15. The van der Waals surface area contributed by atoms with Gasteiger partial charge < -0.3 is 0 Å². The zero-order valence-electron chi connectivity index (χ0n) is 6.25. The Morgan fingerprint density at radius 2 is 2.25 bits per heavy atom. The van der Waals surface area contributed by atoms with Crippen LogP contribution >= 0.6 is 22.6 Å². The minimum absolute atomic E-state index is 0.281. The fourth-order valence-corrected chi connectivity index (χ4v) is 1.32. The minimum atomic E-state index is -0.281. The van der Waals surface area contributed by atoms with Gasteiger partial charge in [0.2, 0.25) is 0 Å². The third-order valence-corrected chi connectivity index (χ3v) is 2.81. The summed E-state index contributed by atoms with van der Waals surface area (Å²) >= 11 is 1.95. The third kappa shape index (κ3) is 1.67. The Kier molecular flexibility index (Phi) is 2.88. The highest BCUT2D eigenvalue weighted by Gasteiger charge is 2.04. The van der Waals surface area contributed by atoms with Gasteiger partial charge in [-0.25, -0.2) is 4.39 Å². The Morgan fingerprint density at radius 1 is 1.58 bits per heavy atom. The van der Waals surface area contributed by atoms with E-state index < -0.39 is 0 Å². The highest BCUT2D eigenvalue weighted by atomic mass is 127. The predicted molar refractivity (Wildman–Crippen MR) is 52.7 cm³/mol. The lowest BCUT2D eigenvalue weighted by atomic mass is 10.2. The maximum Gasteiger partial charge on any atom is 0.127 e. The first kappa shape index (κ1) is 9.28. The molecule has 0 saturated carbocycles. The molecule has 0 amide bonds. The van der Waals surface area contributed by atoms with Gasteiger partial charge in [0.1, 0.15) is 5.82 Å². The predicted octanol–water partition coefficient (Wildman–Crippen LogP) is 3.68. The zero-order chi connectivity index (χ0) is 9.14. The van der Waals surface area contributed by atoms with Crippen LogP contribution in [0.25, 0.3) is 10.4 Å². The second-order valence-corrected chi connectivity index (χ2v) is 3.27. The third-order valence-electron chi connectivity index (χ3n) is 1.45. The topological polar surface area (TPSA) is 48.8 Å². The van der Waals surface area contributed by atoms with Crippen LogP contribution in [-0.2, 0) is 0 Å². The van der Waals surface area contributed by atoms with Crippen LogP contribution in [0.4, 0.5) is 10.1 Å². The Labute approximate surface area is 82.4 Å². The van der Waals surface area contributed by atoms with Crippen molar-refractivity contribution in [3.05, 3.63) is 37.5 Å². The number of rotatable bonds is 1. The summed E-state index contributed by atoms with van der Waals surface area (Å²) in [4.78, 5) is 2.64. The molecule has 0 aromatic heterocycles. The molecule has 0 N–H and O–H groups in total. The maximum absolute atomic E-state index is 12.9. The Morgan fingerprint density at radius 3 is 2.83 bits per heavy atom. The molecule has 0 aliphatic rings. The maximum atomic E-state index is 12.9. The second kappa shape index (κ2) is 3.73. The number of hydrogen-bond acceptors (Lipinski definition) is 1.